The van der Waals surface area contributed by atoms with Gasteiger partial charge in [-0.15, -0.1) is 11.3 Å². The van der Waals surface area contributed by atoms with Crippen LogP contribution in [0.4, 0.5) is 5.00 Å². The quantitative estimate of drug-likeness (QED) is 0.711. The maximum absolute atomic E-state index is 12.7. The Balaban J connectivity index is 1.75. The standard InChI is InChI=1S/C19H25N3O4S2/c1-4-20-19-22(5-2)17(24)13(28-19)10-14(23)21-16-15(18(25)26-3)11-8-6-7-9-12(11)27-16/h13H,4-10H2,1-3H3,(H,21,23)/t13-/m1/s1. The summed E-state index contributed by atoms with van der Waals surface area (Å²) in [4.78, 5) is 44.6. The predicted molar refractivity (Wildman–Crippen MR) is 112 cm³/mol. The van der Waals surface area contributed by atoms with Crippen molar-refractivity contribution in [2.45, 2.75) is 51.2 Å². The molecule has 0 radical (unpaired) electrons. The fourth-order valence-corrected chi connectivity index (χ4v) is 6.07. The molecule has 2 heterocycles. The third-order valence-corrected chi connectivity index (χ3v) is 7.23. The third kappa shape index (κ3) is 4.10. The normalized spacial score (nSPS) is 20.4. The van der Waals surface area contributed by atoms with Gasteiger partial charge in [0.1, 0.15) is 10.3 Å². The first-order valence-electron chi connectivity index (χ1n) is 9.55. The van der Waals surface area contributed by atoms with Gasteiger partial charge in [0.15, 0.2) is 5.17 Å². The lowest BCUT2D eigenvalue weighted by Crippen LogP contribution is -2.33. The van der Waals surface area contributed by atoms with Gasteiger partial charge in [0.05, 0.1) is 12.7 Å². The molecule has 1 aromatic heterocycles. The molecule has 7 nitrogen and oxygen atoms in total. The number of aliphatic imine (C=N–C) groups is 1. The van der Waals surface area contributed by atoms with Crippen molar-refractivity contribution >= 4 is 51.1 Å². The Hall–Kier alpha value is -1.87. The fourth-order valence-electron chi connectivity index (χ4n) is 3.51. The average Bonchev–Trinajstić information content (AvgIpc) is 3.18. The molecule has 28 heavy (non-hydrogen) atoms. The first-order valence-corrected chi connectivity index (χ1v) is 11.2. The van der Waals surface area contributed by atoms with Crippen LogP contribution in [-0.2, 0) is 27.2 Å². The number of nitrogens with zero attached hydrogens (tertiary/aromatic N) is 2. The molecule has 0 aromatic carbocycles. The van der Waals surface area contributed by atoms with Crippen LogP contribution >= 0.6 is 23.1 Å². The lowest BCUT2D eigenvalue weighted by atomic mass is 9.95. The second-order valence-corrected chi connectivity index (χ2v) is 8.88. The number of ether oxygens (including phenoxy) is 1. The summed E-state index contributed by atoms with van der Waals surface area (Å²) in [7, 11) is 1.35. The average molecular weight is 424 g/mol. The molecule has 152 valence electrons. The van der Waals surface area contributed by atoms with E-state index in [1.54, 1.807) is 4.90 Å². The van der Waals surface area contributed by atoms with Gasteiger partial charge in [-0.1, -0.05) is 11.8 Å². The number of anilines is 1. The van der Waals surface area contributed by atoms with Gasteiger partial charge < -0.3 is 10.1 Å². The highest BCUT2D eigenvalue weighted by atomic mass is 32.2. The van der Waals surface area contributed by atoms with Crippen LogP contribution in [0.25, 0.3) is 0 Å². The van der Waals surface area contributed by atoms with Gasteiger partial charge in [-0.2, -0.15) is 0 Å². The first-order chi connectivity index (χ1) is 13.5. The number of amides is 2. The summed E-state index contributed by atoms with van der Waals surface area (Å²) < 4.78 is 4.94. The van der Waals surface area contributed by atoms with Crippen molar-refractivity contribution in [3.05, 3.63) is 16.0 Å². The van der Waals surface area contributed by atoms with Gasteiger partial charge in [-0.25, -0.2) is 4.79 Å². The second kappa shape index (κ2) is 9.09. The molecular weight excluding hydrogens is 398 g/mol. The zero-order valence-corrected chi connectivity index (χ0v) is 18.0. The van der Waals surface area contributed by atoms with Gasteiger partial charge in [-0.3, -0.25) is 19.5 Å². The van der Waals surface area contributed by atoms with Gasteiger partial charge >= 0.3 is 5.97 Å². The van der Waals surface area contributed by atoms with Crippen molar-refractivity contribution in [3.8, 4) is 0 Å². The number of methoxy groups -OCH3 is 1. The number of hydrogen-bond acceptors (Lipinski definition) is 7. The van der Waals surface area contributed by atoms with E-state index in [-0.39, 0.29) is 18.2 Å². The summed E-state index contributed by atoms with van der Waals surface area (Å²) in [5, 5.41) is 3.59. The largest absolute Gasteiger partial charge is 0.465 e. The molecule has 1 atom stereocenters. The summed E-state index contributed by atoms with van der Waals surface area (Å²) in [6.07, 6.45) is 3.90. The Morgan fingerprint density at radius 2 is 2.04 bits per heavy atom. The number of aryl methyl sites for hydroxylation is 1. The minimum absolute atomic E-state index is 0.0475. The lowest BCUT2D eigenvalue weighted by molar-refractivity contribution is -0.128. The van der Waals surface area contributed by atoms with Crippen LogP contribution in [-0.4, -0.2) is 53.3 Å². The van der Waals surface area contributed by atoms with Gasteiger partial charge in [-0.05, 0) is 45.1 Å². The van der Waals surface area contributed by atoms with Crippen molar-refractivity contribution < 1.29 is 19.1 Å². The first kappa shape index (κ1) is 20.9. The SMILES string of the molecule is CCN=C1S[C@H](CC(=O)Nc2sc3c(c2C(=O)OC)CCCC3)C(=O)N1CC. The van der Waals surface area contributed by atoms with E-state index in [0.29, 0.717) is 28.8 Å². The molecule has 0 bridgehead atoms. The maximum atomic E-state index is 12.7. The molecular formula is C19H25N3O4S2. The molecule has 1 aliphatic heterocycles. The van der Waals surface area contributed by atoms with E-state index >= 15 is 0 Å². The van der Waals surface area contributed by atoms with Crippen molar-refractivity contribution in [1.29, 1.82) is 0 Å². The maximum Gasteiger partial charge on any atom is 0.341 e. The highest BCUT2D eigenvalue weighted by Crippen LogP contribution is 2.39. The van der Waals surface area contributed by atoms with Crippen LogP contribution in [0.2, 0.25) is 0 Å². The van der Waals surface area contributed by atoms with E-state index in [4.69, 9.17) is 4.74 Å². The van der Waals surface area contributed by atoms with Gasteiger partial charge in [0.25, 0.3) is 0 Å². The molecule has 3 rings (SSSR count). The minimum Gasteiger partial charge on any atom is -0.465 e. The summed E-state index contributed by atoms with van der Waals surface area (Å²) >= 11 is 2.78. The van der Waals surface area contributed by atoms with E-state index in [9.17, 15) is 14.4 Å². The number of amidine groups is 1. The van der Waals surface area contributed by atoms with Crippen LogP contribution in [0.15, 0.2) is 4.99 Å². The van der Waals surface area contributed by atoms with E-state index in [0.717, 1.165) is 36.1 Å². The van der Waals surface area contributed by atoms with Gasteiger partial charge in [0.2, 0.25) is 11.8 Å². The predicted octanol–water partition coefficient (Wildman–Crippen LogP) is 3.08. The second-order valence-electron chi connectivity index (χ2n) is 6.60. The zero-order valence-electron chi connectivity index (χ0n) is 16.4. The fraction of sp³-hybridized carbons (Fsp3) is 0.579. The molecule has 1 aliphatic carbocycles. The van der Waals surface area contributed by atoms with E-state index in [1.807, 2.05) is 13.8 Å². The van der Waals surface area contributed by atoms with Crippen molar-refractivity contribution in [1.82, 2.24) is 4.90 Å². The zero-order chi connectivity index (χ0) is 20.3. The Labute approximate surface area is 172 Å². The number of hydrogen-bond donors (Lipinski definition) is 1. The number of carbonyl (C=O) groups excluding carboxylic acids is 3. The molecule has 0 unspecified atom stereocenters. The third-order valence-electron chi connectivity index (χ3n) is 4.81. The Morgan fingerprint density at radius 3 is 2.71 bits per heavy atom. The molecule has 1 aromatic rings. The van der Waals surface area contributed by atoms with Crippen LogP contribution in [0.3, 0.4) is 0 Å². The topological polar surface area (TPSA) is 88.1 Å². The van der Waals surface area contributed by atoms with Crippen molar-refractivity contribution in [2.75, 3.05) is 25.5 Å². The summed E-state index contributed by atoms with van der Waals surface area (Å²) in [6, 6.07) is 0. The summed E-state index contributed by atoms with van der Waals surface area (Å²) in [5.74, 6) is -0.785. The van der Waals surface area contributed by atoms with Crippen LogP contribution in [0.1, 0.15) is 53.9 Å². The molecule has 0 saturated carbocycles. The highest BCUT2D eigenvalue weighted by molar-refractivity contribution is 8.15. The Bertz CT molecular complexity index is 818. The molecule has 2 amide bonds. The minimum atomic E-state index is -0.485. The van der Waals surface area contributed by atoms with E-state index in [2.05, 4.69) is 10.3 Å². The van der Waals surface area contributed by atoms with E-state index < -0.39 is 11.2 Å². The number of thioether (sulfide) groups is 1. The monoisotopic (exact) mass is 423 g/mol. The number of esters is 1. The lowest BCUT2D eigenvalue weighted by Gasteiger charge is -2.13. The number of nitrogens with one attached hydrogen (secondary N) is 1. The molecule has 1 N–H and O–H groups in total. The van der Waals surface area contributed by atoms with Crippen LogP contribution in [0, 0.1) is 0 Å². The van der Waals surface area contributed by atoms with E-state index in [1.165, 1.54) is 30.2 Å². The number of rotatable bonds is 6. The number of carbonyl (C=O) groups is 3. The number of thiophene rings is 1. The van der Waals surface area contributed by atoms with Crippen molar-refractivity contribution in [2.24, 2.45) is 4.99 Å². The Kier molecular flexibility index (Phi) is 6.77. The molecule has 1 saturated heterocycles. The molecule has 9 heteroatoms. The molecule has 0 spiro atoms. The highest BCUT2D eigenvalue weighted by Gasteiger charge is 2.38. The van der Waals surface area contributed by atoms with Crippen LogP contribution in [0.5, 0.6) is 0 Å². The smallest absolute Gasteiger partial charge is 0.341 e. The molecule has 2 aliphatic rings. The van der Waals surface area contributed by atoms with Gasteiger partial charge in [0, 0.05) is 24.4 Å². The summed E-state index contributed by atoms with van der Waals surface area (Å²) in [6.45, 7) is 4.94. The van der Waals surface area contributed by atoms with Crippen LogP contribution < -0.4 is 5.32 Å². The molecule has 1 fully saturated rings. The number of fused-ring (bicyclic) bond motifs is 1. The Morgan fingerprint density at radius 1 is 1.29 bits per heavy atom. The summed E-state index contributed by atoms with van der Waals surface area (Å²) in [5.41, 5.74) is 1.48. The van der Waals surface area contributed by atoms with Crippen molar-refractivity contribution in [3.63, 3.8) is 0 Å².